The first-order chi connectivity index (χ1) is 31.2. The lowest BCUT2D eigenvalue weighted by Gasteiger charge is -2.27. The second-order valence-corrected chi connectivity index (χ2v) is 18.3. The fourth-order valence-corrected chi connectivity index (χ4v) is 10.7. The molecule has 0 radical (unpaired) electrons. The van der Waals surface area contributed by atoms with Crippen LogP contribution in [0, 0.1) is 0 Å². The maximum absolute atomic E-state index is 4.98. The molecule has 0 fully saturated rings. The normalized spacial score (nSPS) is 13.9. The first-order valence-corrected chi connectivity index (χ1v) is 22.1. The molecule has 12 rings (SSSR count). The summed E-state index contributed by atoms with van der Waals surface area (Å²) in [7, 11) is 0. The molecule has 0 saturated heterocycles. The summed E-state index contributed by atoms with van der Waals surface area (Å²) in [6.45, 7) is 9.63. The van der Waals surface area contributed by atoms with Crippen molar-refractivity contribution >= 4 is 10.8 Å². The van der Waals surface area contributed by atoms with Crippen molar-refractivity contribution in [2.75, 3.05) is 0 Å². The number of hydrogen-bond donors (Lipinski definition) is 0. The zero-order valence-electron chi connectivity index (χ0n) is 36.3. The fraction of sp³-hybridized carbons (Fsp3) is 0.100. The lowest BCUT2D eigenvalue weighted by molar-refractivity contribution is 0.661. The van der Waals surface area contributed by atoms with E-state index >= 15 is 0 Å². The maximum atomic E-state index is 4.98. The lowest BCUT2D eigenvalue weighted by Crippen LogP contribution is -2.18. The van der Waals surface area contributed by atoms with E-state index in [1.807, 2.05) is 67.3 Å². The van der Waals surface area contributed by atoms with E-state index in [9.17, 15) is 0 Å². The molecule has 4 nitrogen and oxygen atoms in total. The summed E-state index contributed by atoms with van der Waals surface area (Å²) in [6.07, 6.45) is 7.38. The molecule has 0 atom stereocenters. The molecule has 4 heterocycles. The highest BCUT2D eigenvalue weighted by Gasteiger charge is 2.41. The summed E-state index contributed by atoms with van der Waals surface area (Å²) in [6, 6.07) is 61.7. The first kappa shape index (κ1) is 37.9. The molecule has 2 aliphatic carbocycles. The molecule has 0 N–H and O–H groups in total. The van der Waals surface area contributed by atoms with E-state index < -0.39 is 0 Å². The number of rotatable bonds is 6. The minimum absolute atomic E-state index is 0.180. The summed E-state index contributed by atoms with van der Waals surface area (Å²) < 4.78 is 0. The van der Waals surface area contributed by atoms with Gasteiger partial charge < -0.3 is 0 Å². The number of aromatic nitrogens is 4. The number of hydrogen-bond acceptors (Lipinski definition) is 4. The van der Waals surface area contributed by atoms with Gasteiger partial charge in [-0.1, -0.05) is 137 Å². The molecule has 4 aromatic heterocycles. The van der Waals surface area contributed by atoms with Crippen LogP contribution in [0.5, 0.6) is 0 Å². The molecule has 0 unspecified atom stereocenters. The molecule has 0 saturated carbocycles. The molecular weight excluding hydrogens is 777 g/mol. The lowest BCUT2D eigenvalue weighted by atomic mass is 9.76. The molecular formula is C60H44N4. The molecule has 2 aliphatic rings. The van der Waals surface area contributed by atoms with E-state index in [4.69, 9.17) is 4.98 Å². The summed E-state index contributed by atoms with van der Waals surface area (Å²) in [4.78, 5) is 18.6. The Balaban J connectivity index is 0.880. The second-order valence-electron chi connectivity index (χ2n) is 18.3. The third kappa shape index (κ3) is 5.97. The van der Waals surface area contributed by atoms with E-state index in [2.05, 4.69) is 170 Å². The smallest absolute Gasteiger partial charge is 0.0900 e. The van der Waals surface area contributed by atoms with Gasteiger partial charge >= 0.3 is 0 Å². The molecule has 0 aliphatic heterocycles. The van der Waals surface area contributed by atoms with Crippen LogP contribution in [0.25, 0.3) is 100 Å². The van der Waals surface area contributed by atoms with Crippen molar-refractivity contribution in [1.29, 1.82) is 0 Å². The molecule has 10 aromatic rings. The van der Waals surface area contributed by atoms with Gasteiger partial charge in [-0.2, -0.15) is 0 Å². The minimum Gasteiger partial charge on any atom is -0.264 e. The van der Waals surface area contributed by atoms with Crippen molar-refractivity contribution in [1.82, 2.24) is 19.9 Å². The SMILES string of the molecule is CC1(C)c2cc(-c3ccc(-c4cc(-c5ccccn5)nc(-c5ccccn5)c4)cc3)ccc2-c2ccc3c4c(ccc3c21)-c1ccc(-c2cccc(-c3cccnc3)c2)cc1C4(C)C. The third-order valence-corrected chi connectivity index (χ3v) is 13.8. The van der Waals surface area contributed by atoms with Gasteiger partial charge in [0.25, 0.3) is 0 Å². The highest BCUT2D eigenvalue weighted by Crippen LogP contribution is 2.57. The van der Waals surface area contributed by atoms with Gasteiger partial charge in [-0.25, -0.2) is 4.98 Å². The van der Waals surface area contributed by atoms with Crippen LogP contribution in [-0.2, 0) is 10.8 Å². The van der Waals surface area contributed by atoms with E-state index in [1.165, 1.54) is 83.1 Å². The van der Waals surface area contributed by atoms with Gasteiger partial charge in [-0.15, -0.1) is 0 Å². The summed E-state index contributed by atoms with van der Waals surface area (Å²) in [5.41, 5.74) is 23.2. The van der Waals surface area contributed by atoms with Crippen LogP contribution in [0.3, 0.4) is 0 Å². The van der Waals surface area contributed by atoms with Crippen LogP contribution >= 0.6 is 0 Å². The van der Waals surface area contributed by atoms with Crippen molar-refractivity contribution in [2.45, 2.75) is 38.5 Å². The van der Waals surface area contributed by atoms with Crippen LogP contribution in [0.2, 0.25) is 0 Å². The van der Waals surface area contributed by atoms with Crippen LogP contribution in [0.15, 0.2) is 195 Å². The Bertz CT molecular complexity index is 3410. The van der Waals surface area contributed by atoms with Crippen LogP contribution < -0.4 is 0 Å². The Morgan fingerprint density at radius 1 is 0.328 bits per heavy atom. The first-order valence-electron chi connectivity index (χ1n) is 22.1. The Hall–Kier alpha value is -7.82. The fourth-order valence-electron chi connectivity index (χ4n) is 10.7. The highest BCUT2D eigenvalue weighted by molar-refractivity contribution is 6.04. The van der Waals surface area contributed by atoms with Crippen molar-refractivity contribution in [3.63, 3.8) is 0 Å². The van der Waals surface area contributed by atoms with Crippen LogP contribution in [0.4, 0.5) is 0 Å². The van der Waals surface area contributed by atoms with E-state index in [-0.39, 0.29) is 10.8 Å². The Labute approximate surface area is 374 Å². The monoisotopic (exact) mass is 820 g/mol. The predicted molar refractivity (Wildman–Crippen MR) is 263 cm³/mol. The Kier molecular flexibility index (Phi) is 8.51. The number of nitrogens with zero attached hydrogens (tertiary/aromatic N) is 4. The van der Waals surface area contributed by atoms with Gasteiger partial charge in [0.05, 0.1) is 22.8 Å². The molecule has 0 bridgehead atoms. The quantitative estimate of drug-likeness (QED) is 0.168. The van der Waals surface area contributed by atoms with Crippen LogP contribution in [-0.4, -0.2) is 19.9 Å². The molecule has 304 valence electrons. The highest BCUT2D eigenvalue weighted by atomic mass is 14.8. The maximum Gasteiger partial charge on any atom is 0.0900 e. The van der Waals surface area contributed by atoms with Gasteiger partial charge in [0.15, 0.2) is 0 Å². The van der Waals surface area contributed by atoms with Crippen LogP contribution in [0.1, 0.15) is 49.9 Å². The molecule has 6 aromatic carbocycles. The predicted octanol–water partition coefficient (Wildman–Crippen LogP) is 15.0. The van der Waals surface area contributed by atoms with Gasteiger partial charge in [0.2, 0.25) is 0 Å². The topological polar surface area (TPSA) is 51.6 Å². The average molecular weight is 821 g/mol. The molecule has 0 spiro atoms. The number of fused-ring (bicyclic) bond motifs is 9. The van der Waals surface area contributed by atoms with E-state index in [0.29, 0.717) is 0 Å². The zero-order valence-corrected chi connectivity index (χ0v) is 36.3. The summed E-state index contributed by atoms with van der Waals surface area (Å²) >= 11 is 0. The summed E-state index contributed by atoms with van der Waals surface area (Å²) in [5, 5.41) is 2.70. The van der Waals surface area contributed by atoms with Gasteiger partial charge in [0.1, 0.15) is 0 Å². The number of pyridine rings is 4. The molecule has 64 heavy (non-hydrogen) atoms. The number of benzene rings is 6. The van der Waals surface area contributed by atoms with Gasteiger partial charge in [-0.3, -0.25) is 15.0 Å². The van der Waals surface area contributed by atoms with E-state index in [0.717, 1.165) is 39.5 Å². The Morgan fingerprint density at radius 2 is 0.797 bits per heavy atom. The van der Waals surface area contributed by atoms with Crippen molar-refractivity contribution in [3.05, 3.63) is 217 Å². The van der Waals surface area contributed by atoms with Crippen molar-refractivity contribution in [3.8, 4) is 89.5 Å². The van der Waals surface area contributed by atoms with E-state index in [1.54, 1.807) is 0 Å². The van der Waals surface area contributed by atoms with Crippen molar-refractivity contribution in [2.24, 2.45) is 0 Å². The zero-order chi connectivity index (χ0) is 43.2. The van der Waals surface area contributed by atoms with Gasteiger partial charge in [-0.05, 0) is 155 Å². The van der Waals surface area contributed by atoms with Crippen molar-refractivity contribution < 1.29 is 0 Å². The third-order valence-electron chi connectivity index (χ3n) is 13.8. The average Bonchev–Trinajstić information content (AvgIpc) is 3.73. The minimum atomic E-state index is -0.197. The standard InChI is InChI=1S/C60H44N4/c1-59(2)51-32-41(37-16-18-38(19-17-37)44-34-55(53-14-5-7-29-62-53)64-56(35-44)54-15-6-8-30-63-54)20-22-45(51)47-24-26-50-49(57(47)59)27-25-48-46-23-21-42(33-52(46)60(3,4)58(48)50)39-11-9-12-40(31-39)43-13-10-28-61-36-43/h5-36H,1-4H3. The largest absolute Gasteiger partial charge is 0.264 e. The summed E-state index contributed by atoms with van der Waals surface area (Å²) in [5.74, 6) is 0. The second kappa shape index (κ2) is 14.4. The Morgan fingerprint density at radius 3 is 1.31 bits per heavy atom. The molecule has 4 heteroatoms. The van der Waals surface area contributed by atoms with Gasteiger partial charge in [0, 0.05) is 41.2 Å². The molecule has 0 amide bonds.